The van der Waals surface area contributed by atoms with E-state index < -0.39 is 0 Å². The molecular weight excluding hydrogens is 701 g/mol. The summed E-state index contributed by atoms with van der Waals surface area (Å²) < 4.78 is 4.99. The van der Waals surface area contributed by atoms with Crippen LogP contribution < -0.4 is 0 Å². The van der Waals surface area contributed by atoms with Gasteiger partial charge in [-0.2, -0.15) is 0 Å². The van der Waals surface area contributed by atoms with E-state index in [0.29, 0.717) is 0 Å². The van der Waals surface area contributed by atoms with Gasteiger partial charge < -0.3 is 9.13 Å². The largest absolute Gasteiger partial charge is 0.309 e. The number of hydrogen-bond acceptors (Lipinski definition) is 0. The van der Waals surface area contributed by atoms with Gasteiger partial charge in [-0.1, -0.05) is 110 Å². The average Bonchev–Trinajstić information content (AvgIpc) is 3.79. The third-order valence-corrected chi connectivity index (χ3v) is 12.8. The summed E-state index contributed by atoms with van der Waals surface area (Å²) in [5, 5.41) is 5.26. The summed E-state index contributed by atoms with van der Waals surface area (Å²) in [6.07, 6.45) is 11.0. The molecule has 0 atom stereocenters. The summed E-state index contributed by atoms with van der Waals surface area (Å²) in [4.78, 5) is 0. The normalized spacial score (nSPS) is 12.1. The van der Waals surface area contributed by atoms with Crippen LogP contribution in [0.15, 0.2) is 158 Å². The number of fused-ring (bicyclic) bond motifs is 6. The number of hydrogen-bond donors (Lipinski definition) is 0. The molecule has 0 spiro atoms. The molecule has 2 aromatic heterocycles. The van der Waals surface area contributed by atoms with Gasteiger partial charge in [-0.15, -0.1) is 0 Å². The Bertz CT molecular complexity index is 3150. The van der Waals surface area contributed by atoms with Crippen molar-refractivity contribution in [2.24, 2.45) is 0 Å². The molecular formula is C56H50N2. The summed E-state index contributed by atoms with van der Waals surface area (Å²) in [5.41, 5.74) is 23.1. The minimum absolute atomic E-state index is 0.860. The third kappa shape index (κ3) is 5.86. The van der Waals surface area contributed by atoms with Crippen molar-refractivity contribution in [3.8, 4) is 33.6 Å². The van der Waals surface area contributed by atoms with Gasteiger partial charge in [0.05, 0.1) is 22.1 Å². The number of aryl methyl sites for hydroxylation is 4. The lowest BCUT2D eigenvalue weighted by Crippen LogP contribution is -2.01. The highest BCUT2D eigenvalue weighted by Gasteiger charge is 2.26. The van der Waals surface area contributed by atoms with Gasteiger partial charge in [0, 0.05) is 32.9 Å². The topological polar surface area (TPSA) is 9.86 Å². The summed E-state index contributed by atoms with van der Waals surface area (Å²) >= 11 is 0. The predicted molar refractivity (Wildman–Crippen MR) is 251 cm³/mol. The molecule has 0 bridgehead atoms. The molecule has 7 aromatic carbocycles. The predicted octanol–water partition coefficient (Wildman–Crippen LogP) is 15.2. The molecule has 2 nitrogen and oxygen atoms in total. The minimum Gasteiger partial charge on any atom is -0.309 e. The molecule has 0 N–H and O–H groups in total. The average molecular weight is 751 g/mol. The molecule has 0 aliphatic rings. The summed E-state index contributed by atoms with van der Waals surface area (Å²) in [6, 6.07) is 44.7. The van der Waals surface area contributed by atoms with Crippen molar-refractivity contribution >= 4 is 43.6 Å². The van der Waals surface area contributed by atoms with E-state index in [1.165, 1.54) is 122 Å². The second-order valence-electron chi connectivity index (χ2n) is 16.0. The fourth-order valence-corrected chi connectivity index (χ4v) is 9.49. The van der Waals surface area contributed by atoms with E-state index in [-0.39, 0.29) is 0 Å². The van der Waals surface area contributed by atoms with Crippen LogP contribution in [0.1, 0.15) is 44.5 Å². The molecule has 9 rings (SSSR count). The van der Waals surface area contributed by atoms with Crippen LogP contribution in [-0.4, -0.2) is 9.13 Å². The Hall–Kier alpha value is -6.64. The molecule has 0 aliphatic carbocycles. The van der Waals surface area contributed by atoms with Crippen molar-refractivity contribution in [2.75, 3.05) is 0 Å². The molecule has 2 heteroatoms. The Labute approximate surface area is 342 Å². The molecule has 0 unspecified atom stereocenters. The first-order valence-electron chi connectivity index (χ1n) is 20.5. The van der Waals surface area contributed by atoms with Crippen LogP contribution in [0.4, 0.5) is 0 Å². The summed E-state index contributed by atoms with van der Waals surface area (Å²) in [7, 11) is 0. The zero-order chi connectivity index (χ0) is 40.2. The first-order chi connectivity index (χ1) is 28.2. The van der Waals surface area contributed by atoms with Crippen LogP contribution in [0.25, 0.3) is 77.2 Å². The molecule has 0 fully saturated rings. The number of rotatable bonds is 8. The van der Waals surface area contributed by atoms with Crippen LogP contribution in [0, 0.1) is 48.5 Å². The fourth-order valence-electron chi connectivity index (χ4n) is 9.49. The van der Waals surface area contributed by atoms with E-state index >= 15 is 0 Å². The maximum Gasteiger partial charge on any atom is 0.0576 e. The third-order valence-electron chi connectivity index (χ3n) is 12.8. The minimum atomic E-state index is 0.860. The number of para-hydroxylation sites is 1. The molecule has 0 saturated heterocycles. The van der Waals surface area contributed by atoms with Crippen LogP contribution >= 0.6 is 0 Å². The van der Waals surface area contributed by atoms with Gasteiger partial charge in [-0.25, -0.2) is 0 Å². The van der Waals surface area contributed by atoms with Gasteiger partial charge in [0.15, 0.2) is 0 Å². The fraction of sp³-hybridized carbons (Fsp3) is 0.143. The molecule has 2 heterocycles. The van der Waals surface area contributed by atoms with Gasteiger partial charge in [0.1, 0.15) is 0 Å². The van der Waals surface area contributed by atoms with Gasteiger partial charge in [0.2, 0.25) is 0 Å². The van der Waals surface area contributed by atoms with Crippen molar-refractivity contribution in [3.05, 3.63) is 203 Å². The highest BCUT2D eigenvalue weighted by molar-refractivity contribution is 6.17. The summed E-state index contributed by atoms with van der Waals surface area (Å²) in [6.45, 7) is 20.1. The Kier molecular flexibility index (Phi) is 9.37. The number of benzene rings is 7. The molecule has 58 heavy (non-hydrogen) atoms. The van der Waals surface area contributed by atoms with Crippen molar-refractivity contribution in [1.82, 2.24) is 9.13 Å². The van der Waals surface area contributed by atoms with Crippen LogP contribution in [-0.2, 0) is 6.42 Å². The van der Waals surface area contributed by atoms with Crippen molar-refractivity contribution in [2.45, 2.75) is 54.9 Å². The van der Waals surface area contributed by atoms with E-state index in [2.05, 4.69) is 198 Å². The number of aromatic nitrogens is 2. The van der Waals surface area contributed by atoms with E-state index in [4.69, 9.17) is 0 Å². The van der Waals surface area contributed by atoms with E-state index in [1.54, 1.807) is 0 Å². The second-order valence-corrected chi connectivity index (χ2v) is 16.0. The molecule has 9 aromatic rings. The van der Waals surface area contributed by atoms with Gasteiger partial charge in [-0.05, 0) is 170 Å². The van der Waals surface area contributed by atoms with Crippen molar-refractivity contribution in [1.29, 1.82) is 0 Å². The first kappa shape index (κ1) is 37.0. The zero-order valence-electron chi connectivity index (χ0n) is 34.7. The van der Waals surface area contributed by atoms with Crippen molar-refractivity contribution < 1.29 is 0 Å². The van der Waals surface area contributed by atoms with E-state index in [9.17, 15) is 0 Å². The zero-order valence-corrected chi connectivity index (χ0v) is 34.7. The maximum absolute atomic E-state index is 3.80. The second kappa shape index (κ2) is 14.7. The monoisotopic (exact) mass is 750 g/mol. The smallest absolute Gasteiger partial charge is 0.0576 e. The van der Waals surface area contributed by atoms with Crippen LogP contribution in [0.2, 0.25) is 0 Å². The standard InChI is InChI=1S/C56H50N2/c1-9-10-11-12-15-21-42-28-30-50-48(32-42)49-34-45(29-31-51(49)57(50)46-25-18-14-19-26-46)52-38(5)40(7)56-54(41(52)8)53-37(4)35(2)36(3)39(6)55(53)58(56)47-27-20-24-44(33-47)43-22-16-13-17-23-43/h9-20,22-34H,1,21H2,2-8H3/b11-10-,15-12-. The highest BCUT2D eigenvalue weighted by Crippen LogP contribution is 2.47. The molecule has 0 aliphatic heterocycles. The van der Waals surface area contributed by atoms with Gasteiger partial charge >= 0.3 is 0 Å². The first-order valence-corrected chi connectivity index (χ1v) is 20.5. The lowest BCUT2D eigenvalue weighted by molar-refractivity contribution is 1.13. The number of allylic oxidation sites excluding steroid dienone is 5. The van der Waals surface area contributed by atoms with Crippen LogP contribution in [0.5, 0.6) is 0 Å². The highest BCUT2D eigenvalue weighted by atomic mass is 15.0. The van der Waals surface area contributed by atoms with E-state index in [1.807, 2.05) is 18.2 Å². The SMILES string of the molecule is C=C/C=C\C=C/Cc1ccc2c(c1)c1cc(-c3c(C)c(C)c4c(c3C)c3c(C)c(C)c(C)c(C)c3n4-c3cccc(-c4ccccc4)c3)ccc1n2-c1ccccc1. The van der Waals surface area contributed by atoms with Crippen LogP contribution in [0.3, 0.4) is 0 Å². The molecule has 0 saturated carbocycles. The van der Waals surface area contributed by atoms with Crippen molar-refractivity contribution in [3.63, 3.8) is 0 Å². The molecule has 0 radical (unpaired) electrons. The summed E-state index contributed by atoms with van der Waals surface area (Å²) in [5.74, 6) is 0. The maximum atomic E-state index is 3.80. The van der Waals surface area contributed by atoms with Gasteiger partial charge in [-0.3, -0.25) is 0 Å². The Morgan fingerprint density at radius 3 is 1.78 bits per heavy atom. The Morgan fingerprint density at radius 2 is 1.05 bits per heavy atom. The van der Waals surface area contributed by atoms with E-state index in [0.717, 1.165) is 6.42 Å². The molecule has 0 amide bonds. The Balaban J connectivity index is 1.32. The van der Waals surface area contributed by atoms with Gasteiger partial charge in [0.25, 0.3) is 0 Å². The lowest BCUT2D eigenvalue weighted by atomic mass is 9.87. The quantitative estimate of drug-likeness (QED) is 0.137. The Morgan fingerprint density at radius 1 is 0.448 bits per heavy atom. The molecule has 284 valence electrons. The lowest BCUT2D eigenvalue weighted by Gasteiger charge is -2.18. The number of nitrogens with zero attached hydrogens (tertiary/aromatic N) is 2.